The van der Waals surface area contributed by atoms with Crippen molar-refractivity contribution in [2.45, 2.75) is 55.6 Å². The second-order valence-corrected chi connectivity index (χ2v) is 8.79. The molecule has 1 aromatic carbocycles. The summed E-state index contributed by atoms with van der Waals surface area (Å²) in [5.74, 6) is 0.844. The van der Waals surface area contributed by atoms with Crippen LogP contribution in [0.15, 0.2) is 24.3 Å². The van der Waals surface area contributed by atoms with E-state index in [0.717, 1.165) is 49.8 Å². The molecule has 0 bridgehead atoms. The van der Waals surface area contributed by atoms with E-state index < -0.39 is 0 Å². The molecule has 7 heteroatoms. The van der Waals surface area contributed by atoms with Crippen molar-refractivity contribution in [1.82, 2.24) is 10.6 Å². The monoisotopic (exact) mass is 426 g/mol. The highest BCUT2D eigenvalue weighted by Crippen LogP contribution is 2.26. The number of methoxy groups -OCH3 is 1. The molecule has 1 heterocycles. The quantitative estimate of drug-likeness (QED) is 0.681. The van der Waals surface area contributed by atoms with Crippen molar-refractivity contribution in [2.75, 3.05) is 20.2 Å². The van der Waals surface area contributed by atoms with E-state index in [9.17, 15) is 9.59 Å². The Morgan fingerprint density at radius 1 is 1.07 bits per heavy atom. The summed E-state index contributed by atoms with van der Waals surface area (Å²) in [4.78, 5) is 24.1. The number of hydrogen-bond donors (Lipinski definition) is 2. The Labute approximate surface area is 178 Å². The number of carbonyl (C=O) groups is 2. The van der Waals surface area contributed by atoms with Crippen LogP contribution in [0.1, 0.15) is 54.4 Å². The predicted molar refractivity (Wildman–Crippen MR) is 116 cm³/mol. The van der Waals surface area contributed by atoms with Gasteiger partial charge in [0.05, 0.1) is 13.0 Å². The number of esters is 1. The molecule has 0 aromatic heterocycles. The van der Waals surface area contributed by atoms with E-state index in [4.69, 9.17) is 4.74 Å². The van der Waals surface area contributed by atoms with Gasteiger partial charge >= 0.3 is 5.97 Å². The Kier molecular flexibility index (Phi) is 9.62. The fourth-order valence-electron chi connectivity index (χ4n) is 3.84. The second-order valence-electron chi connectivity index (χ2n) is 7.50. The van der Waals surface area contributed by atoms with Gasteiger partial charge < -0.3 is 15.4 Å². The average molecular weight is 427 g/mol. The minimum atomic E-state index is -0.127. The van der Waals surface area contributed by atoms with Crippen LogP contribution in [-0.4, -0.2) is 43.4 Å². The predicted octanol–water partition coefficient (Wildman–Crippen LogP) is 3.56. The highest BCUT2D eigenvalue weighted by Gasteiger charge is 2.27. The first-order valence-electron chi connectivity index (χ1n) is 9.95. The van der Waals surface area contributed by atoms with E-state index >= 15 is 0 Å². The molecule has 0 radical (unpaired) electrons. The van der Waals surface area contributed by atoms with Crippen molar-refractivity contribution in [3.63, 3.8) is 0 Å². The summed E-state index contributed by atoms with van der Waals surface area (Å²) in [7, 11) is 1.44. The van der Waals surface area contributed by atoms with Gasteiger partial charge in [-0.3, -0.25) is 9.59 Å². The molecule has 1 aliphatic heterocycles. The summed E-state index contributed by atoms with van der Waals surface area (Å²) in [6.07, 6.45) is 5.70. The molecule has 28 heavy (non-hydrogen) atoms. The van der Waals surface area contributed by atoms with Gasteiger partial charge in [0.1, 0.15) is 0 Å². The SMILES string of the molecule is COC(=O)C1CCC(NC(=O)c2ccc(CSC3CCNCC3)cc2)CC1.Cl. The molecule has 156 valence electrons. The Morgan fingerprint density at radius 3 is 2.32 bits per heavy atom. The van der Waals surface area contributed by atoms with E-state index in [0.29, 0.717) is 5.56 Å². The molecule has 5 nitrogen and oxygen atoms in total. The van der Waals surface area contributed by atoms with Gasteiger partial charge in [-0.05, 0) is 69.3 Å². The minimum Gasteiger partial charge on any atom is -0.469 e. The summed E-state index contributed by atoms with van der Waals surface area (Å²) < 4.78 is 4.81. The number of piperidine rings is 1. The molecular formula is C21H31ClN2O3S. The molecule has 1 amide bonds. The van der Waals surface area contributed by atoms with Crippen LogP contribution >= 0.6 is 24.2 Å². The maximum atomic E-state index is 12.5. The topological polar surface area (TPSA) is 67.4 Å². The van der Waals surface area contributed by atoms with Gasteiger partial charge in [-0.15, -0.1) is 12.4 Å². The summed E-state index contributed by atoms with van der Waals surface area (Å²) in [5.41, 5.74) is 1.98. The van der Waals surface area contributed by atoms with Gasteiger partial charge in [-0.1, -0.05) is 12.1 Å². The number of ether oxygens (including phenoxy) is 1. The van der Waals surface area contributed by atoms with E-state index in [1.54, 1.807) is 0 Å². The molecule has 0 unspecified atom stereocenters. The Bertz CT molecular complexity index is 627. The van der Waals surface area contributed by atoms with E-state index in [-0.39, 0.29) is 36.2 Å². The lowest BCUT2D eigenvalue weighted by molar-refractivity contribution is -0.146. The first kappa shape index (κ1) is 23.0. The molecule has 2 aliphatic rings. The van der Waals surface area contributed by atoms with Crippen LogP contribution in [0, 0.1) is 5.92 Å². The summed E-state index contributed by atoms with van der Waals surface area (Å²) in [6.45, 7) is 2.25. The maximum absolute atomic E-state index is 12.5. The zero-order valence-corrected chi connectivity index (χ0v) is 18.1. The van der Waals surface area contributed by atoms with Crippen LogP contribution in [0.4, 0.5) is 0 Å². The minimum absolute atomic E-state index is 0. The van der Waals surface area contributed by atoms with Crippen molar-refractivity contribution >= 4 is 36.0 Å². The fourth-order valence-corrected chi connectivity index (χ4v) is 5.03. The highest BCUT2D eigenvalue weighted by atomic mass is 35.5. The third kappa shape index (κ3) is 6.68. The van der Waals surface area contributed by atoms with Gasteiger partial charge in [-0.25, -0.2) is 0 Å². The Hall–Kier alpha value is -1.24. The number of carbonyl (C=O) groups excluding carboxylic acids is 2. The molecule has 1 saturated heterocycles. The lowest BCUT2D eigenvalue weighted by atomic mass is 9.86. The maximum Gasteiger partial charge on any atom is 0.308 e. The van der Waals surface area contributed by atoms with Gasteiger partial charge in [0.15, 0.2) is 0 Å². The fraction of sp³-hybridized carbons (Fsp3) is 0.619. The molecule has 1 aliphatic carbocycles. The van der Waals surface area contributed by atoms with Gasteiger partial charge in [-0.2, -0.15) is 11.8 Å². The van der Waals surface area contributed by atoms with Gasteiger partial charge in [0, 0.05) is 22.6 Å². The zero-order chi connectivity index (χ0) is 19.1. The first-order valence-corrected chi connectivity index (χ1v) is 11.0. The van der Waals surface area contributed by atoms with Crippen molar-refractivity contribution in [2.24, 2.45) is 5.92 Å². The van der Waals surface area contributed by atoms with Crippen molar-refractivity contribution in [1.29, 1.82) is 0 Å². The van der Waals surface area contributed by atoms with Gasteiger partial charge in [0.25, 0.3) is 5.91 Å². The highest BCUT2D eigenvalue weighted by molar-refractivity contribution is 7.99. The molecule has 0 atom stereocenters. The molecule has 3 rings (SSSR count). The summed E-state index contributed by atoms with van der Waals surface area (Å²) in [6, 6.07) is 8.13. The first-order chi connectivity index (χ1) is 13.2. The van der Waals surface area contributed by atoms with Crippen LogP contribution in [0.2, 0.25) is 0 Å². The standard InChI is InChI=1S/C21H30N2O3S.ClH/c1-26-21(25)17-6-8-18(9-7-17)23-20(24)16-4-2-15(3-5-16)14-27-19-10-12-22-13-11-19;/h2-5,17-19,22H,6-14H2,1H3,(H,23,24);1H. The third-order valence-electron chi connectivity index (χ3n) is 5.58. The molecule has 2 fully saturated rings. The number of amides is 1. The lowest BCUT2D eigenvalue weighted by Crippen LogP contribution is -2.38. The Balaban J connectivity index is 0.00000280. The largest absolute Gasteiger partial charge is 0.469 e. The number of benzene rings is 1. The van der Waals surface area contributed by atoms with Crippen molar-refractivity contribution < 1.29 is 14.3 Å². The average Bonchev–Trinajstić information content (AvgIpc) is 2.73. The van der Waals surface area contributed by atoms with Crippen LogP contribution in [0.5, 0.6) is 0 Å². The van der Waals surface area contributed by atoms with Crippen LogP contribution in [0.3, 0.4) is 0 Å². The van der Waals surface area contributed by atoms with Crippen molar-refractivity contribution in [3.05, 3.63) is 35.4 Å². The van der Waals surface area contributed by atoms with Crippen LogP contribution in [0.25, 0.3) is 0 Å². The molecule has 1 saturated carbocycles. The zero-order valence-electron chi connectivity index (χ0n) is 16.4. The number of hydrogen-bond acceptors (Lipinski definition) is 5. The summed E-state index contributed by atoms with van der Waals surface area (Å²) in [5, 5.41) is 7.25. The summed E-state index contributed by atoms with van der Waals surface area (Å²) >= 11 is 2.02. The number of halogens is 1. The third-order valence-corrected chi connectivity index (χ3v) is 7.03. The number of rotatable bonds is 6. The van der Waals surface area contributed by atoms with E-state index in [2.05, 4.69) is 22.8 Å². The lowest BCUT2D eigenvalue weighted by Gasteiger charge is -2.27. The number of thioether (sulfide) groups is 1. The van der Waals surface area contributed by atoms with E-state index in [1.807, 2.05) is 23.9 Å². The molecule has 0 spiro atoms. The Morgan fingerprint density at radius 2 is 1.71 bits per heavy atom. The van der Waals surface area contributed by atoms with E-state index in [1.165, 1.54) is 25.5 Å². The van der Waals surface area contributed by atoms with Gasteiger partial charge in [0.2, 0.25) is 0 Å². The smallest absolute Gasteiger partial charge is 0.308 e. The number of nitrogens with one attached hydrogen (secondary N) is 2. The molecule has 2 N–H and O–H groups in total. The normalized spacial score (nSPS) is 22.8. The second kappa shape index (κ2) is 11.7. The molecular weight excluding hydrogens is 396 g/mol. The van der Waals surface area contributed by atoms with Crippen LogP contribution in [-0.2, 0) is 15.3 Å². The van der Waals surface area contributed by atoms with Crippen molar-refractivity contribution in [3.8, 4) is 0 Å². The van der Waals surface area contributed by atoms with Crippen LogP contribution < -0.4 is 10.6 Å². The molecule has 1 aromatic rings.